The summed E-state index contributed by atoms with van der Waals surface area (Å²) < 4.78 is 9.72. The lowest BCUT2D eigenvalue weighted by Gasteiger charge is -2.16. The van der Waals surface area contributed by atoms with Crippen molar-refractivity contribution in [3.63, 3.8) is 0 Å². The smallest absolute Gasteiger partial charge is 0.333 e. The molecule has 0 unspecified atom stereocenters. The standard InChI is InChI=1S/C21H30O5/c1-15(5-3-7-17-9-10-25-14-17)11-19(22)12-16(2)6-4-8-18-13-20(23)26-21(18)24/h6,9-10,13-15,19,21-22,24H,3-5,7-8,11-12H2,1-2H3/b16-6+/t15-,19-,21-/m1/s1. The summed E-state index contributed by atoms with van der Waals surface area (Å²) in [5.74, 6) is -0.00275. The number of allylic oxidation sites excluding steroid dienone is 1. The summed E-state index contributed by atoms with van der Waals surface area (Å²) in [5.41, 5.74) is 2.97. The number of cyclic esters (lactones) is 1. The number of hydrogen-bond donors (Lipinski definition) is 2. The summed E-state index contributed by atoms with van der Waals surface area (Å²) in [5, 5.41) is 19.8. The molecule has 0 spiro atoms. The number of furan rings is 1. The molecule has 0 radical (unpaired) electrons. The van der Waals surface area contributed by atoms with Crippen LogP contribution in [-0.2, 0) is 16.0 Å². The molecule has 1 aliphatic heterocycles. The van der Waals surface area contributed by atoms with E-state index in [2.05, 4.69) is 17.7 Å². The fraction of sp³-hybridized carbons (Fsp3) is 0.571. The van der Waals surface area contributed by atoms with Gasteiger partial charge in [-0.15, -0.1) is 0 Å². The molecule has 26 heavy (non-hydrogen) atoms. The zero-order chi connectivity index (χ0) is 18.9. The third-order valence-electron chi connectivity index (χ3n) is 4.75. The molecule has 5 nitrogen and oxygen atoms in total. The number of hydrogen-bond acceptors (Lipinski definition) is 5. The van der Waals surface area contributed by atoms with E-state index in [1.165, 1.54) is 11.6 Å². The molecule has 1 aromatic heterocycles. The number of carbonyl (C=O) groups is 1. The second-order valence-electron chi connectivity index (χ2n) is 7.32. The van der Waals surface area contributed by atoms with Gasteiger partial charge in [0.1, 0.15) is 0 Å². The van der Waals surface area contributed by atoms with Crippen LogP contribution in [0.5, 0.6) is 0 Å². The van der Waals surface area contributed by atoms with Crippen molar-refractivity contribution in [2.45, 2.75) is 71.2 Å². The maximum atomic E-state index is 11.0. The van der Waals surface area contributed by atoms with Crippen molar-refractivity contribution in [2.24, 2.45) is 5.92 Å². The van der Waals surface area contributed by atoms with Crippen LogP contribution in [0, 0.1) is 5.92 Å². The number of carbonyl (C=O) groups excluding carboxylic acids is 1. The first-order chi connectivity index (χ1) is 12.4. The average Bonchev–Trinajstić information content (AvgIpc) is 3.17. The molecule has 0 saturated heterocycles. The second-order valence-corrected chi connectivity index (χ2v) is 7.32. The van der Waals surface area contributed by atoms with E-state index in [0.717, 1.165) is 37.7 Å². The Morgan fingerprint density at radius 3 is 2.85 bits per heavy atom. The molecule has 0 fully saturated rings. The van der Waals surface area contributed by atoms with Gasteiger partial charge < -0.3 is 19.4 Å². The van der Waals surface area contributed by atoms with Crippen molar-refractivity contribution in [1.29, 1.82) is 0 Å². The molecule has 5 heteroatoms. The number of aryl methyl sites for hydroxylation is 1. The van der Waals surface area contributed by atoms with Crippen LogP contribution in [0.25, 0.3) is 0 Å². The van der Waals surface area contributed by atoms with Crippen LogP contribution in [0.3, 0.4) is 0 Å². The summed E-state index contributed by atoms with van der Waals surface area (Å²) in [4.78, 5) is 11.0. The molecule has 0 bridgehead atoms. The summed E-state index contributed by atoms with van der Waals surface area (Å²) >= 11 is 0. The highest BCUT2D eigenvalue weighted by molar-refractivity contribution is 5.85. The normalized spacial score (nSPS) is 20.0. The fourth-order valence-electron chi connectivity index (χ4n) is 3.33. The molecule has 0 aliphatic carbocycles. The van der Waals surface area contributed by atoms with E-state index >= 15 is 0 Å². The molecule has 1 aromatic rings. The van der Waals surface area contributed by atoms with Gasteiger partial charge in [0, 0.05) is 11.6 Å². The number of rotatable bonds is 11. The van der Waals surface area contributed by atoms with Gasteiger partial charge >= 0.3 is 5.97 Å². The first-order valence-electron chi connectivity index (χ1n) is 9.38. The Hall–Kier alpha value is -1.85. The van der Waals surface area contributed by atoms with Gasteiger partial charge in [-0.2, -0.15) is 0 Å². The van der Waals surface area contributed by atoms with Crippen LogP contribution in [0.4, 0.5) is 0 Å². The highest BCUT2D eigenvalue weighted by atomic mass is 16.6. The lowest BCUT2D eigenvalue weighted by atomic mass is 9.93. The minimum Gasteiger partial charge on any atom is -0.472 e. The number of esters is 1. The van der Waals surface area contributed by atoms with Crippen molar-refractivity contribution >= 4 is 5.97 Å². The van der Waals surface area contributed by atoms with E-state index in [1.54, 1.807) is 12.5 Å². The maximum Gasteiger partial charge on any atom is 0.333 e. The maximum absolute atomic E-state index is 11.0. The van der Waals surface area contributed by atoms with Gasteiger partial charge in [0.05, 0.1) is 18.6 Å². The van der Waals surface area contributed by atoms with Crippen molar-refractivity contribution < 1.29 is 24.2 Å². The van der Waals surface area contributed by atoms with E-state index in [1.807, 2.05) is 13.0 Å². The summed E-state index contributed by atoms with van der Waals surface area (Å²) in [6, 6.07) is 2.00. The molecular weight excluding hydrogens is 332 g/mol. The van der Waals surface area contributed by atoms with Gasteiger partial charge in [-0.25, -0.2) is 4.79 Å². The Labute approximate surface area is 155 Å². The number of ether oxygens (including phenoxy) is 1. The van der Waals surface area contributed by atoms with E-state index in [0.29, 0.717) is 24.3 Å². The van der Waals surface area contributed by atoms with Gasteiger partial charge in [0.2, 0.25) is 6.29 Å². The lowest BCUT2D eigenvalue weighted by Crippen LogP contribution is -2.12. The van der Waals surface area contributed by atoms with E-state index in [9.17, 15) is 15.0 Å². The van der Waals surface area contributed by atoms with Gasteiger partial charge in [0.15, 0.2) is 0 Å². The van der Waals surface area contributed by atoms with Gasteiger partial charge in [-0.05, 0) is 63.0 Å². The SMILES string of the molecule is C/C(=C\CCC1=CC(=O)O[C@H]1O)C[C@H](O)C[C@H](C)CCCc1ccoc1. The monoisotopic (exact) mass is 362 g/mol. The Balaban J connectivity index is 1.61. The Bertz CT molecular complexity index is 614. The van der Waals surface area contributed by atoms with Gasteiger partial charge in [-0.3, -0.25) is 0 Å². The average molecular weight is 362 g/mol. The highest BCUT2D eigenvalue weighted by Gasteiger charge is 2.22. The molecule has 0 saturated carbocycles. The summed E-state index contributed by atoms with van der Waals surface area (Å²) in [7, 11) is 0. The summed E-state index contributed by atoms with van der Waals surface area (Å²) in [6.07, 6.45) is 11.4. The topological polar surface area (TPSA) is 79.9 Å². The van der Waals surface area contributed by atoms with Crippen molar-refractivity contribution in [3.8, 4) is 0 Å². The Kier molecular flexibility index (Phi) is 8.13. The molecule has 0 amide bonds. The van der Waals surface area contributed by atoms with Crippen molar-refractivity contribution in [1.82, 2.24) is 0 Å². The van der Waals surface area contributed by atoms with Crippen molar-refractivity contribution in [3.05, 3.63) is 47.5 Å². The van der Waals surface area contributed by atoms with Gasteiger partial charge in [-0.1, -0.05) is 25.0 Å². The van der Waals surface area contributed by atoms with E-state index in [-0.39, 0.29) is 6.10 Å². The zero-order valence-electron chi connectivity index (χ0n) is 15.7. The van der Waals surface area contributed by atoms with Crippen LogP contribution in [-0.4, -0.2) is 28.6 Å². The van der Waals surface area contributed by atoms with Crippen LogP contribution in [0.2, 0.25) is 0 Å². The minimum atomic E-state index is -1.09. The van der Waals surface area contributed by atoms with Gasteiger partial charge in [0.25, 0.3) is 0 Å². The first kappa shape index (κ1) is 20.5. The van der Waals surface area contributed by atoms with E-state index in [4.69, 9.17) is 4.42 Å². The van der Waals surface area contributed by atoms with Crippen molar-refractivity contribution in [2.75, 3.05) is 0 Å². The van der Waals surface area contributed by atoms with Crippen LogP contribution < -0.4 is 0 Å². The molecular formula is C21H30O5. The quantitative estimate of drug-likeness (QED) is 0.461. The third kappa shape index (κ3) is 7.18. The molecule has 0 aromatic carbocycles. The second kappa shape index (κ2) is 10.3. The Morgan fingerprint density at radius 2 is 2.19 bits per heavy atom. The number of aliphatic hydroxyl groups is 2. The molecule has 2 N–H and O–H groups in total. The predicted octanol–water partition coefficient (Wildman–Crippen LogP) is 3.91. The minimum absolute atomic E-state index is 0.337. The van der Waals surface area contributed by atoms with Crippen LogP contribution in [0.15, 0.2) is 46.3 Å². The summed E-state index contributed by atoms with van der Waals surface area (Å²) in [6.45, 7) is 4.19. The predicted molar refractivity (Wildman–Crippen MR) is 99.2 cm³/mol. The molecule has 3 atom stereocenters. The molecule has 144 valence electrons. The number of aliphatic hydroxyl groups excluding tert-OH is 2. The Morgan fingerprint density at radius 1 is 1.38 bits per heavy atom. The van der Waals surface area contributed by atoms with E-state index < -0.39 is 12.3 Å². The zero-order valence-corrected chi connectivity index (χ0v) is 15.7. The third-order valence-corrected chi connectivity index (χ3v) is 4.75. The molecule has 2 rings (SSSR count). The fourth-order valence-corrected chi connectivity index (χ4v) is 3.33. The highest BCUT2D eigenvalue weighted by Crippen LogP contribution is 2.21. The first-order valence-corrected chi connectivity index (χ1v) is 9.38. The van der Waals surface area contributed by atoms with Crippen LogP contribution in [0.1, 0.15) is 57.9 Å². The largest absolute Gasteiger partial charge is 0.472 e. The molecule has 2 heterocycles. The molecule has 1 aliphatic rings. The lowest BCUT2D eigenvalue weighted by molar-refractivity contribution is -0.151. The van der Waals surface area contributed by atoms with Crippen LogP contribution >= 0.6 is 0 Å².